The molecule has 0 amide bonds. The van der Waals surface area contributed by atoms with Crippen LogP contribution < -0.4 is 5.73 Å². The number of nitrogens with two attached hydrogens (primary N) is 1. The predicted octanol–water partition coefficient (Wildman–Crippen LogP) is 4.23. The Morgan fingerprint density at radius 3 is 2.67 bits per heavy atom. The van der Waals surface area contributed by atoms with Crippen molar-refractivity contribution in [1.82, 2.24) is 0 Å². The lowest BCUT2D eigenvalue weighted by molar-refractivity contribution is 0.617. The van der Waals surface area contributed by atoms with Crippen molar-refractivity contribution < 1.29 is 4.39 Å². The van der Waals surface area contributed by atoms with Gasteiger partial charge in [-0.3, -0.25) is 0 Å². The first-order valence-corrected chi connectivity index (χ1v) is 6.92. The van der Waals surface area contributed by atoms with Gasteiger partial charge in [0.15, 0.2) is 0 Å². The average molecular weight is 282 g/mol. The van der Waals surface area contributed by atoms with Gasteiger partial charge < -0.3 is 5.73 Å². The van der Waals surface area contributed by atoms with E-state index in [4.69, 9.17) is 17.3 Å². The lowest BCUT2D eigenvalue weighted by atomic mass is 10.2. The molecule has 2 N–H and O–H groups in total. The van der Waals surface area contributed by atoms with E-state index in [-0.39, 0.29) is 5.82 Å². The molecule has 0 aliphatic carbocycles. The fourth-order valence-corrected chi connectivity index (χ4v) is 2.91. The second-order valence-corrected chi connectivity index (χ2v) is 5.30. The summed E-state index contributed by atoms with van der Waals surface area (Å²) >= 11 is 7.53. The number of hydrogen-bond acceptors (Lipinski definition) is 2. The van der Waals surface area contributed by atoms with Gasteiger partial charge in [0.05, 0.1) is 0 Å². The maximum absolute atomic E-state index is 13.6. The number of hydrogen-bond donors (Lipinski definition) is 1. The van der Waals surface area contributed by atoms with Crippen molar-refractivity contribution in [3.63, 3.8) is 0 Å². The predicted molar refractivity (Wildman–Crippen MR) is 75.3 cm³/mol. The lowest BCUT2D eigenvalue weighted by Gasteiger charge is -2.06. The molecule has 0 aliphatic rings. The van der Waals surface area contributed by atoms with Crippen LogP contribution in [0.4, 0.5) is 4.39 Å². The van der Waals surface area contributed by atoms with Crippen molar-refractivity contribution >= 4 is 23.4 Å². The Hall–Kier alpha value is -1.03. The second-order valence-electron chi connectivity index (χ2n) is 3.84. The van der Waals surface area contributed by atoms with Crippen LogP contribution in [0.25, 0.3) is 0 Å². The Kier molecular flexibility index (Phi) is 4.64. The number of thioether (sulfide) groups is 1. The number of benzene rings is 2. The summed E-state index contributed by atoms with van der Waals surface area (Å²) < 4.78 is 13.6. The Bertz CT molecular complexity index is 525. The third kappa shape index (κ3) is 3.25. The monoisotopic (exact) mass is 281 g/mol. The topological polar surface area (TPSA) is 26.0 Å². The molecule has 1 nitrogen and oxygen atoms in total. The first-order valence-electron chi connectivity index (χ1n) is 5.55. The second kappa shape index (κ2) is 6.23. The molecule has 0 unspecified atom stereocenters. The highest BCUT2D eigenvalue weighted by Crippen LogP contribution is 2.28. The lowest BCUT2D eigenvalue weighted by Crippen LogP contribution is -1.95. The molecular formula is C14H13ClFNS. The zero-order valence-electron chi connectivity index (χ0n) is 9.70. The summed E-state index contributed by atoms with van der Waals surface area (Å²) in [5.41, 5.74) is 7.20. The molecule has 94 valence electrons. The molecule has 0 saturated heterocycles. The summed E-state index contributed by atoms with van der Waals surface area (Å²) in [6, 6.07) is 12.7. The van der Waals surface area contributed by atoms with Gasteiger partial charge in [-0.15, -0.1) is 11.8 Å². The maximum Gasteiger partial charge on any atom is 0.128 e. The summed E-state index contributed by atoms with van der Waals surface area (Å²) in [4.78, 5) is 1.07. The molecule has 0 saturated carbocycles. The molecule has 2 aromatic carbocycles. The molecule has 0 atom stereocenters. The normalized spacial score (nSPS) is 10.6. The van der Waals surface area contributed by atoms with Gasteiger partial charge in [-0.2, -0.15) is 0 Å². The molecule has 0 heterocycles. The SMILES string of the molecule is NCc1cccc(SCc2c(F)cccc2Cl)c1. The standard InChI is InChI=1S/C14H13ClFNS/c15-13-5-2-6-14(16)12(13)9-18-11-4-1-3-10(7-11)8-17/h1-7H,8-9,17H2. The first kappa shape index (κ1) is 13.4. The average Bonchev–Trinajstić information content (AvgIpc) is 2.38. The van der Waals surface area contributed by atoms with Crippen molar-refractivity contribution in [3.05, 3.63) is 64.4 Å². The fraction of sp³-hybridized carbons (Fsp3) is 0.143. The van der Waals surface area contributed by atoms with Crippen molar-refractivity contribution in [2.75, 3.05) is 0 Å². The van der Waals surface area contributed by atoms with E-state index in [1.807, 2.05) is 24.3 Å². The molecule has 0 spiro atoms. The van der Waals surface area contributed by atoms with Gasteiger partial charge in [0.2, 0.25) is 0 Å². The van der Waals surface area contributed by atoms with E-state index in [1.165, 1.54) is 6.07 Å². The Morgan fingerprint density at radius 2 is 1.94 bits per heavy atom. The highest BCUT2D eigenvalue weighted by molar-refractivity contribution is 7.98. The van der Waals surface area contributed by atoms with E-state index in [9.17, 15) is 4.39 Å². The molecule has 0 aliphatic heterocycles. The van der Waals surface area contributed by atoms with Crippen LogP contribution in [0.2, 0.25) is 5.02 Å². The highest BCUT2D eigenvalue weighted by Gasteiger charge is 2.07. The van der Waals surface area contributed by atoms with Crippen LogP contribution in [-0.2, 0) is 12.3 Å². The van der Waals surface area contributed by atoms with E-state index < -0.39 is 0 Å². The van der Waals surface area contributed by atoms with Gasteiger partial charge in [-0.1, -0.05) is 29.8 Å². The molecule has 0 bridgehead atoms. The zero-order valence-corrected chi connectivity index (χ0v) is 11.3. The molecule has 0 radical (unpaired) electrons. The van der Waals surface area contributed by atoms with Crippen molar-refractivity contribution in [3.8, 4) is 0 Å². The van der Waals surface area contributed by atoms with E-state index >= 15 is 0 Å². The summed E-state index contributed by atoms with van der Waals surface area (Å²) in [5, 5.41) is 0.470. The molecule has 18 heavy (non-hydrogen) atoms. The van der Waals surface area contributed by atoms with Crippen molar-refractivity contribution in [2.24, 2.45) is 5.73 Å². The number of halogens is 2. The Balaban J connectivity index is 2.11. The summed E-state index contributed by atoms with van der Waals surface area (Å²) in [6.07, 6.45) is 0. The molecule has 0 aromatic heterocycles. The van der Waals surface area contributed by atoms with Crippen molar-refractivity contribution in [1.29, 1.82) is 0 Å². The van der Waals surface area contributed by atoms with Crippen LogP contribution in [0.1, 0.15) is 11.1 Å². The van der Waals surface area contributed by atoms with Crippen LogP contribution in [0.15, 0.2) is 47.4 Å². The Morgan fingerprint density at radius 1 is 1.17 bits per heavy atom. The maximum atomic E-state index is 13.6. The zero-order chi connectivity index (χ0) is 13.0. The third-order valence-electron chi connectivity index (χ3n) is 2.58. The summed E-state index contributed by atoms with van der Waals surface area (Å²) in [5.74, 6) is 0.254. The van der Waals surface area contributed by atoms with E-state index in [0.29, 0.717) is 22.9 Å². The van der Waals surface area contributed by atoms with Gasteiger partial charge in [0, 0.05) is 27.8 Å². The molecular weight excluding hydrogens is 269 g/mol. The minimum absolute atomic E-state index is 0.259. The minimum Gasteiger partial charge on any atom is -0.326 e. The molecule has 4 heteroatoms. The van der Waals surface area contributed by atoms with Gasteiger partial charge in [-0.05, 0) is 29.8 Å². The smallest absolute Gasteiger partial charge is 0.128 e. The van der Waals surface area contributed by atoms with Gasteiger partial charge in [-0.25, -0.2) is 4.39 Å². The first-order chi connectivity index (χ1) is 8.70. The fourth-order valence-electron chi connectivity index (χ4n) is 1.59. The van der Waals surface area contributed by atoms with Crippen LogP contribution in [-0.4, -0.2) is 0 Å². The van der Waals surface area contributed by atoms with Crippen LogP contribution >= 0.6 is 23.4 Å². The van der Waals surface area contributed by atoms with Gasteiger partial charge in [0.25, 0.3) is 0 Å². The minimum atomic E-state index is -0.259. The van der Waals surface area contributed by atoms with Crippen LogP contribution in [0.3, 0.4) is 0 Å². The van der Waals surface area contributed by atoms with E-state index in [2.05, 4.69) is 0 Å². The van der Waals surface area contributed by atoms with E-state index in [1.54, 1.807) is 23.9 Å². The largest absolute Gasteiger partial charge is 0.326 e. The highest BCUT2D eigenvalue weighted by atomic mass is 35.5. The molecule has 2 rings (SSSR count). The summed E-state index contributed by atoms with van der Waals surface area (Å²) in [6.45, 7) is 0.509. The quantitative estimate of drug-likeness (QED) is 0.849. The number of rotatable bonds is 4. The Labute approximate surface area is 115 Å². The molecule has 2 aromatic rings. The van der Waals surface area contributed by atoms with Gasteiger partial charge in [0.1, 0.15) is 5.82 Å². The van der Waals surface area contributed by atoms with Gasteiger partial charge >= 0.3 is 0 Å². The van der Waals surface area contributed by atoms with Crippen LogP contribution in [0, 0.1) is 5.82 Å². The third-order valence-corrected chi connectivity index (χ3v) is 3.95. The molecule has 0 fully saturated rings. The van der Waals surface area contributed by atoms with Crippen LogP contribution in [0.5, 0.6) is 0 Å². The summed E-state index contributed by atoms with van der Waals surface area (Å²) in [7, 11) is 0. The van der Waals surface area contributed by atoms with E-state index in [0.717, 1.165) is 10.5 Å². The van der Waals surface area contributed by atoms with Crippen molar-refractivity contribution in [2.45, 2.75) is 17.2 Å².